The van der Waals surface area contributed by atoms with E-state index in [1.54, 1.807) is 0 Å². The van der Waals surface area contributed by atoms with Gasteiger partial charge in [-0.25, -0.2) is 0 Å². The number of aliphatic hydroxyl groups is 1. The van der Waals surface area contributed by atoms with Gasteiger partial charge in [-0.2, -0.15) is 0 Å². The fraction of sp³-hybridized carbons (Fsp3) is 0.900. The topological polar surface area (TPSA) is 43.8 Å². The van der Waals surface area contributed by atoms with Gasteiger partial charge in [-0.15, -0.1) is 0 Å². The summed E-state index contributed by atoms with van der Waals surface area (Å²) >= 11 is 0. The molecule has 1 fully saturated rings. The summed E-state index contributed by atoms with van der Waals surface area (Å²) in [6.07, 6.45) is 2.77. The second-order valence-electron chi connectivity index (χ2n) is 4.10. The van der Waals surface area contributed by atoms with Gasteiger partial charge in [-0.1, -0.05) is 0 Å². The van der Waals surface area contributed by atoms with Crippen molar-refractivity contribution in [3.8, 4) is 0 Å². The van der Waals surface area contributed by atoms with Gasteiger partial charge in [-0.3, -0.25) is 4.79 Å². The Morgan fingerprint density at radius 3 is 2.43 bits per heavy atom. The summed E-state index contributed by atoms with van der Waals surface area (Å²) in [5, 5.41) is 8.84. The van der Waals surface area contributed by atoms with E-state index in [-0.39, 0.29) is 12.5 Å². The lowest BCUT2D eigenvalue weighted by molar-refractivity contribution is -0.132. The van der Waals surface area contributed by atoms with Crippen molar-refractivity contribution in [2.24, 2.45) is 0 Å². The van der Waals surface area contributed by atoms with E-state index in [1.165, 1.54) is 0 Å². The molecule has 1 aliphatic carbocycles. The van der Waals surface area contributed by atoms with Gasteiger partial charge in [0.15, 0.2) is 0 Å². The largest absolute Gasteiger partial charge is 0.395 e. The summed E-state index contributed by atoms with van der Waals surface area (Å²) < 4.78 is 0. The van der Waals surface area contributed by atoms with Gasteiger partial charge in [0.05, 0.1) is 6.61 Å². The number of nitrogens with zero attached hydrogens (tertiary/aromatic N) is 2. The summed E-state index contributed by atoms with van der Waals surface area (Å²) in [5.41, 5.74) is 0. The maximum atomic E-state index is 11.7. The monoisotopic (exact) mass is 200 g/mol. The Bertz CT molecular complexity index is 191. The number of hydrogen-bond donors (Lipinski definition) is 1. The Kier molecular flexibility index (Phi) is 4.35. The van der Waals surface area contributed by atoms with Gasteiger partial charge in [0.25, 0.3) is 0 Å². The number of amides is 1. The first-order valence-electron chi connectivity index (χ1n) is 5.20. The molecule has 1 saturated carbocycles. The zero-order valence-corrected chi connectivity index (χ0v) is 9.07. The second-order valence-corrected chi connectivity index (χ2v) is 4.10. The molecule has 1 N–H and O–H groups in total. The predicted molar refractivity (Wildman–Crippen MR) is 55.0 cm³/mol. The van der Waals surface area contributed by atoms with Crippen LogP contribution in [0, 0.1) is 0 Å². The van der Waals surface area contributed by atoms with Gasteiger partial charge < -0.3 is 14.9 Å². The molecule has 0 spiro atoms. The molecule has 0 aromatic rings. The third-order valence-corrected chi connectivity index (χ3v) is 2.42. The minimum absolute atomic E-state index is 0.0736. The van der Waals surface area contributed by atoms with Crippen molar-refractivity contribution in [3.05, 3.63) is 0 Å². The zero-order chi connectivity index (χ0) is 10.6. The van der Waals surface area contributed by atoms with Crippen LogP contribution < -0.4 is 0 Å². The van der Waals surface area contributed by atoms with Gasteiger partial charge in [0, 0.05) is 25.6 Å². The summed E-state index contributed by atoms with van der Waals surface area (Å²) in [6, 6.07) is 0.414. The van der Waals surface area contributed by atoms with Crippen LogP contribution in [-0.4, -0.2) is 60.6 Å². The normalized spacial score (nSPS) is 16.0. The molecule has 0 saturated heterocycles. The Morgan fingerprint density at radius 2 is 2.00 bits per heavy atom. The van der Waals surface area contributed by atoms with Crippen LogP contribution >= 0.6 is 0 Å². The Balaban J connectivity index is 2.30. The summed E-state index contributed by atoms with van der Waals surface area (Å²) in [6.45, 7) is 1.36. The average Bonchev–Trinajstić information content (AvgIpc) is 2.93. The van der Waals surface area contributed by atoms with Crippen molar-refractivity contribution in [2.75, 3.05) is 33.8 Å². The van der Waals surface area contributed by atoms with Crippen LogP contribution in [0.5, 0.6) is 0 Å². The maximum Gasteiger partial charge on any atom is 0.224 e. The van der Waals surface area contributed by atoms with Gasteiger partial charge >= 0.3 is 0 Å². The highest BCUT2D eigenvalue weighted by Gasteiger charge is 2.31. The van der Waals surface area contributed by atoms with Crippen molar-refractivity contribution in [2.45, 2.75) is 25.3 Å². The molecule has 4 nitrogen and oxygen atoms in total. The Labute approximate surface area is 85.5 Å². The Morgan fingerprint density at radius 1 is 1.36 bits per heavy atom. The molecular weight excluding hydrogens is 180 g/mol. The number of carbonyl (C=O) groups excluding carboxylic acids is 1. The quantitative estimate of drug-likeness (QED) is 0.652. The van der Waals surface area contributed by atoms with E-state index in [4.69, 9.17) is 5.11 Å². The summed E-state index contributed by atoms with van der Waals surface area (Å²) in [4.78, 5) is 15.5. The standard InChI is InChI=1S/C10H20N2O2/c1-11(2)6-5-10(14)12(7-8-13)9-3-4-9/h9,13H,3-8H2,1-2H3. The van der Waals surface area contributed by atoms with Gasteiger partial charge in [0.1, 0.15) is 0 Å². The van der Waals surface area contributed by atoms with Crippen LogP contribution in [0.3, 0.4) is 0 Å². The van der Waals surface area contributed by atoms with E-state index in [2.05, 4.69) is 0 Å². The highest BCUT2D eigenvalue weighted by molar-refractivity contribution is 5.77. The van der Waals surface area contributed by atoms with Crippen LogP contribution in [0.15, 0.2) is 0 Å². The Hall–Kier alpha value is -0.610. The molecule has 1 aliphatic rings. The van der Waals surface area contributed by atoms with Crippen molar-refractivity contribution in [1.29, 1.82) is 0 Å². The maximum absolute atomic E-state index is 11.7. The highest BCUT2D eigenvalue weighted by Crippen LogP contribution is 2.26. The molecule has 0 heterocycles. The summed E-state index contributed by atoms with van der Waals surface area (Å²) in [7, 11) is 3.92. The molecule has 0 aromatic carbocycles. The van der Waals surface area contributed by atoms with Crippen molar-refractivity contribution in [3.63, 3.8) is 0 Å². The van der Waals surface area contributed by atoms with Crippen LogP contribution in [0.2, 0.25) is 0 Å². The van der Waals surface area contributed by atoms with E-state index < -0.39 is 0 Å². The lowest BCUT2D eigenvalue weighted by Crippen LogP contribution is -2.36. The molecular formula is C10H20N2O2. The molecule has 0 aromatic heterocycles. The smallest absolute Gasteiger partial charge is 0.224 e. The minimum Gasteiger partial charge on any atom is -0.395 e. The number of hydrogen-bond acceptors (Lipinski definition) is 3. The molecule has 0 radical (unpaired) electrons. The van der Waals surface area contributed by atoms with E-state index in [9.17, 15) is 4.79 Å². The number of carbonyl (C=O) groups is 1. The number of aliphatic hydroxyl groups excluding tert-OH is 1. The van der Waals surface area contributed by atoms with Crippen LogP contribution in [-0.2, 0) is 4.79 Å². The first-order chi connectivity index (χ1) is 6.65. The molecule has 1 amide bonds. The fourth-order valence-corrected chi connectivity index (χ4v) is 1.47. The lowest BCUT2D eigenvalue weighted by Gasteiger charge is -2.22. The highest BCUT2D eigenvalue weighted by atomic mass is 16.3. The molecule has 0 bridgehead atoms. The third-order valence-electron chi connectivity index (χ3n) is 2.42. The number of rotatable bonds is 6. The molecule has 0 unspecified atom stereocenters. The minimum atomic E-state index is 0.0736. The fourth-order valence-electron chi connectivity index (χ4n) is 1.47. The van der Waals surface area contributed by atoms with E-state index in [0.29, 0.717) is 19.0 Å². The first kappa shape index (κ1) is 11.5. The van der Waals surface area contributed by atoms with Crippen molar-refractivity contribution < 1.29 is 9.90 Å². The van der Waals surface area contributed by atoms with E-state index in [0.717, 1.165) is 19.4 Å². The van der Waals surface area contributed by atoms with Crippen LogP contribution in [0.1, 0.15) is 19.3 Å². The van der Waals surface area contributed by atoms with E-state index in [1.807, 2.05) is 23.9 Å². The van der Waals surface area contributed by atoms with E-state index >= 15 is 0 Å². The van der Waals surface area contributed by atoms with Crippen LogP contribution in [0.4, 0.5) is 0 Å². The predicted octanol–water partition coefficient (Wildman–Crippen LogP) is -0.0786. The molecule has 14 heavy (non-hydrogen) atoms. The first-order valence-corrected chi connectivity index (χ1v) is 5.20. The average molecular weight is 200 g/mol. The second kappa shape index (κ2) is 5.32. The van der Waals surface area contributed by atoms with Gasteiger partial charge in [0.2, 0.25) is 5.91 Å². The zero-order valence-electron chi connectivity index (χ0n) is 9.07. The molecule has 82 valence electrons. The van der Waals surface area contributed by atoms with Crippen LogP contribution in [0.25, 0.3) is 0 Å². The lowest BCUT2D eigenvalue weighted by atomic mass is 10.3. The van der Waals surface area contributed by atoms with Crippen molar-refractivity contribution in [1.82, 2.24) is 9.80 Å². The van der Waals surface area contributed by atoms with Crippen molar-refractivity contribution >= 4 is 5.91 Å². The molecule has 4 heteroatoms. The van der Waals surface area contributed by atoms with Gasteiger partial charge in [-0.05, 0) is 26.9 Å². The molecule has 1 rings (SSSR count). The molecule has 0 atom stereocenters. The SMILES string of the molecule is CN(C)CCC(=O)N(CCO)C1CC1. The third kappa shape index (κ3) is 3.64. The molecule has 0 aliphatic heterocycles. The summed E-state index contributed by atoms with van der Waals surface area (Å²) in [5.74, 6) is 0.176.